The zero-order valence-corrected chi connectivity index (χ0v) is 13.4. The first kappa shape index (κ1) is 16.0. The smallest absolute Gasteiger partial charge is 0.0841 e. The molecule has 1 aromatic carbocycles. The largest absolute Gasteiger partial charge is 0.380 e. The Labute approximate surface area is 127 Å². The summed E-state index contributed by atoms with van der Waals surface area (Å²) in [4.78, 5) is 0. The van der Waals surface area contributed by atoms with E-state index in [1.807, 2.05) is 0 Å². The molecule has 0 atom stereocenters. The number of ether oxygens (including phenoxy) is 1. The molecular weight excluding hydrogens is 262 g/mol. The molecular formula is C17H27N3O. The van der Waals surface area contributed by atoms with Crippen LogP contribution in [0, 0.1) is 5.92 Å². The topological polar surface area (TPSA) is 39.1 Å². The van der Waals surface area contributed by atoms with E-state index in [1.165, 1.54) is 10.9 Å². The zero-order valence-electron chi connectivity index (χ0n) is 13.4. The molecule has 0 aliphatic heterocycles. The Morgan fingerprint density at radius 3 is 2.81 bits per heavy atom. The van der Waals surface area contributed by atoms with E-state index in [9.17, 15) is 0 Å². The molecule has 0 bridgehead atoms. The van der Waals surface area contributed by atoms with Gasteiger partial charge in [-0.25, -0.2) is 0 Å². The second kappa shape index (κ2) is 8.15. The van der Waals surface area contributed by atoms with E-state index in [-0.39, 0.29) is 0 Å². The summed E-state index contributed by atoms with van der Waals surface area (Å²) in [6.45, 7) is 10.7. The number of aryl methyl sites for hydroxylation is 1. The highest BCUT2D eigenvalue weighted by molar-refractivity contribution is 5.81. The van der Waals surface area contributed by atoms with Gasteiger partial charge in [0, 0.05) is 31.6 Å². The minimum absolute atomic E-state index is 0.710. The molecule has 2 rings (SSSR count). The summed E-state index contributed by atoms with van der Waals surface area (Å²) >= 11 is 0. The summed E-state index contributed by atoms with van der Waals surface area (Å²) in [6, 6.07) is 8.41. The average Bonchev–Trinajstić information content (AvgIpc) is 2.84. The van der Waals surface area contributed by atoms with Gasteiger partial charge in [0.1, 0.15) is 0 Å². The molecule has 4 nitrogen and oxygen atoms in total. The molecule has 21 heavy (non-hydrogen) atoms. The van der Waals surface area contributed by atoms with Crippen LogP contribution in [0.4, 0.5) is 0 Å². The molecule has 0 saturated carbocycles. The van der Waals surface area contributed by atoms with Crippen LogP contribution in [0.1, 0.15) is 32.9 Å². The molecule has 116 valence electrons. The van der Waals surface area contributed by atoms with Crippen LogP contribution in [0.15, 0.2) is 24.3 Å². The number of para-hydroxylation sites is 1. The highest BCUT2D eigenvalue weighted by Gasteiger charge is 2.08. The van der Waals surface area contributed by atoms with Crippen LogP contribution in [0.3, 0.4) is 0 Å². The number of aromatic nitrogens is 2. The second-order valence-corrected chi connectivity index (χ2v) is 5.75. The molecule has 0 aliphatic rings. The van der Waals surface area contributed by atoms with Crippen LogP contribution in [0.25, 0.3) is 10.9 Å². The molecule has 0 fully saturated rings. The molecule has 2 aromatic rings. The molecule has 4 heteroatoms. The lowest BCUT2D eigenvalue weighted by molar-refractivity contribution is 0.125. The third-order valence-corrected chi connectivity index (χ3v) is 3.59. The van der Waals surface area contributed by atoms with Gasteiger partial charge in [0.15, 0.2) is 0 Å². The lowest BCUT2D eigenvalue weighted by atomic mass is 10.1. The summed E-state index contributed by atoms with van der Waals surface area (Å²) in [7, 11) is 0. The molecule has 0 spiro atoms. The van der Waals surface area contributed by atoms with Gasteiger partial charge >= 0.3 is 0 Å². The van der Waals surface area contributed by atoms with Gasteiger partial charge in [-0.1, -0.05) is 32.0 Å². The number of rotatable bonds is 9. The molecule has 1 aromatic heterocycles. The Morgan fingerprint density at radius 2 is 2.05 bits per heavy atom. The number of hydrogen-bond acceptors (Lipinski definition) is 3. The lowest BCUT2D eigenvalue weighted by Gasteiger charge is -2.07. The van der Waals surface area contributed by atoms with Gasteiger partial charge in [-0.15, -0.1) is 0 Å². The summed E-state index contributed by atoms with van der Waals surface area (Å²) in [5.74, 6) is 0.710. The van der Waals surface area contributed by atoms with Crippen LogP contribution in [-0.2, 0) is 17.8 Å². The maximum Gasteiger partial charge on any atom is 0.0841 e. The fourth-order valence-corrected chi connectivity index (χ4v) is 2.34. The number of fused-ring (bicyclic) bond motifs is 1. The quantitative estimate of drug-likeness (QED) is 0.721. The number of hydrogen-bond donors (Lipinski definition) is 1. The highest BCUT2D eigenvalue weighted by atomic mass is 16.5. The van der Waals surface area contributed by atoms with E-state index in [2.05, 4.69) is 60.1 Å². The third kappa shape index (κ3) is 4.55. The standard InChI is InChI=1S/C17H27N3O/c1-4-20-17-8-6-5-7-15(17)16(19-20)13-18-10-12-21-11-9-14(2)3/h5-8,14,18H,4,9-13H2,1-3H3. The predicted molar refractivity (Wildman–Crippen MR) is 87.4 cm³/mol. The fourth-order valence-electron chi connectivity index (χ4n) is 2.34. The first-order chi connectivity index (χ1) is 10.2. The van der Waals surface area contributed by atoms with Gasteiger partial charge in [0.2, 0.25) is 0 Å². The third-order valence-electron chi connectivity index (χ3n) is 3.59. The normalized spacial score (nSPS) is 11.6. The van der Waals surface area contributed by atoms with E-state index < -0.39 is 0 Å². The summed E-state index contributed by atoms with van der Waals surface area (Å²) in [5, 5.41) is 9.34. The van der Waals surface area contributed by atoms with Gasteiger partial charge in [-0.3, -0.25) is 4.68 Å². The predicted octanol–water partition coefficient (Wildman–Crippen LogP) is 3.21. The molecule has 0 saturated heterocycles. The second-order valence-electron chi connectivity index (χ2n) is 5.75. The molecule has 0 radical (unpaired) electrons. The summed E-state index contributed by atoms with van der Waals surface area (Å²) in [5.41, 5.74) is 2.33. The Hall–Kier alpha value is -1.39. The van der Waals surface area contributed by atoms with E-state index >= 15 is 0 Å². The van der Waals surface area contributed by atoms with Crippen molar-refractivity contribution in [3.63, 3.8) is 0 Å². The number of benzene rings is 1. The SMILES string of the molecule is CCn1nc(CNCCOCCC(C)C)c2ccccc21. The first-order valence-corrected chi connectivity index (χ1v) is 7.95. The van der Waals surface area contributed by atoms with Crippen molar-refractivity contribution in [2.24, 2.45) is 5.92 Å². The van der Waals surface area contributed by atoms with E-state index in [0.29, 0.717) is 5.92 Å². The van der Waals surface area contributed by atoms with Gasteiger partial charge in [-0.2, -0.15) is 5.10 Å². The van der Waals surface area contributed by atoms with E-state index in [4.69, 9.17) is 4.74 Å². The maximum atomic E-state index is 5.61. The average molecular weight is 289 g/mol. The van der Waals surface area contributed by atoms with Crippen molar-refractivity contribution in [1.29, 1.82) is 0 Å². The van der Waals surface area contributed by atoms with E-state index in [1.54, 1.807) is 0 Å². The molecule has 0 unspecified atom stereocenters. The Bertz CT molecular complexity index is 548. The minimum atomic E-state index is 0.710. The number of nitrogens with zero attached hydrogens (tertiary/aromatic N) is 2. The van der Waals surface area contributed by atoms with Gasteiger partial charge in [-0.05, 0) is 25.3 Å². The van der Waals surface area contributed by atoms with Crippen molar-refractivity contribution in [3.05, 3.63) is 30.0 Å². The Morgan fingerprint density at radius 1 is 1.24 bits per heavy atom. The van der Waals surface area contributed by atoms with Crippen LogP contribution in [0.5, 0.6) is 0 Å². The monoisotopic (exact) mass is 289 g/mol. The van der Waals surface area contributed by atoms with Crippen molar-refractivity contribution in [2.75, 3.05) is 19.8 Å². The first-order valence-electron chi connectivity index (χ1n) is 7.95. The van der Waals surface area contributed by atoms with Gasteiger partial charge in [0.25, 0.3) is 0 Å². The van der Waals surface area contributed by atoms with Crippen LogP contribution in [0.2, 0.25) is 0 Å². The summed E-state index contributed by atoms with van der Waals surface area (Å²) < 4.78 is 7.67. The zero-order chi connectivity index (χ0) is 15.1. The highest BCUT2D eigenvalue weighted by Crippen LogP contribution is 2.18. The van der Waals surface area contributed by atoms with Crippen LogP contribution < -0.4 is 5.32 Å². The maximum absolute atomic E-state index is 5.61. The van der Waals surface area contributed by atoms with Crippen molar-refractivity contribution in [3.8, 4) is 0 Å². The van der Waals surface area contributed by atoms with Crippen LogP contribution in [-0.4, -0.2) is 29.5 Å². The van der Waals surface area contributed by atoms with Gasteiger partial charge < -0.3 is 10.1 Å². The van der Waals surface area contributed by atoms with Gasteiger partial charge in [0.05, 0.1) is 17.8 Å². The van der Waals surface area contributed by atoms with Crippen molar-refractivity contribution in [1.82, 2.24) is 15.1 Å². The Kier molecular flexibility index (Phi) is 6.21. The van der Waals surface area contributed by atoms with Crippen molar-refractivity contribution in [2.45, 2.75) is 40.3 Å². The Balaban J connectivity index is 1.79. The van der Waals surface area contributed by atoms with E-state index in [0.717, 1.165) is 45.0 Å². The lowest BCUT2D eigenvalue weighted by Crippen LogP contribution is -2.20. The minimum Gasteiger partial charge on any atom is -0.380 e. The van der Waals surface area contributed by atoms with Crippen LogP contribution >= 0.6 is 0 Å². The molecule has 1 heterocycles. The molecule has 1 N–H and O–H groups in total. The summed E-state index contributed by atoms with van der Waals surface area (Å²) in [6.07, 6.45) is 1.13. The van der Waals surface area contributed by atoms with Crippen molar-refractivity contribution >= 4 is 10.9 Å². The molecule has 0 amide bonds. The van der Waals surface area contributed by atoms with Crippen molar-refractivity contribution < 1.29 is 4.74 Å². The fraction of sp³-hybridized carbons (Fsp3) is 0.588. The molecule has 0 aliphatic carbocycles. The number of nitrogens with one attached hydrogen (secondary N) is 1.